The quantitative estimate of drug-likeness (QED) is 0.150. The molecule has 3 aromatic rings. The second-order valence-electron chi connectivity index (χ2n) is 8.93. The summed E-state index contributed by atoms with van der Waals surface area (Å²) >= 11 is 1.05. The molecule has 0 saturated carbocycles. The van der Waals surface area contributed by atoms with Gasteiger partial charge >= 0.3 is 5.91 Å². The van der Waals surface area contributed by atoms with Crippen LogP contribution in [0.1, 0.15) is 66.1 Å². The fourth-order valence-corrected chi connectivity index (χ4v) is 5.22. The van der Waals surface area contributed by atoms with Gasteiger partial charge in [0.05, 0.1) is 35.4 Å². The largest absolute Gasteiger partial charge is 0.507 e. The summed E-state index contributed by atoms with van der Waals surface area (Å²) in [5.41, 5.74) is 1.34. The van der Waals surface area contributed by atoms with Crippen molar-refractivity contribution in [2.24, 2.45) is 0 Å². The number of amides is 1. The van der Waals surface area contributed by atoms with Gasteiger partial charge in [-0.25, -0.2) is 4.98 Å². The summed E-state index contributed by atoms with van der Waals surface area (Å²) in [6.07, 6.45) is 1.67. The van der Waals surface area contributed by atoms with Crippen LogP contribution >= 0.6 is 11.3 Å². The predicted octanol–water partition coefficient (Wildman–Crippen LogP) is 5.86. The normalized spacial score (nSPS) is 16.6. The highest BCUT2D eigenvalue weighted by Crippen LogP contribution is 2.44. The molecule has 1 aliphatic heterocycles. The van der Waals surface area contributed by atoms with Crippen molar-refractivity contribution in [2.75, 3.05) is 18.1 Å². The topological polar surface area (TPSA) is 106 Å². The average molecular weight is 535 g/mol. The summed E-state index contributed by atoms with van der Waals surface area (Å²) in [7, 11) is 0. The van der Waals surface area contributed by atoms with Gasteiger partial charge in [0.25, 0.3) is 5.78 Å². The molecule has 0 bridgehead atoms. The van der Waals surface area contributed by atoms with E-state index in [1.54, 1.807) is 55.5 Å². The van der Waals surface area contributed by atoms with Crippen molar-refractivity contribution < 1.29 is 29.0 Å². The van der Waals surface area contributed by atoms with Crippen LogP contribution in [0, 0.1) is 6.92 Å². The van der Waals surface area contributed by atoms with Crippen LogP contribution in [0.25, 0.3) is 5.76 Å². The molecule has 1 aromatic heterocycles. The molecule has 0 aliphatic carbocycles. The van der Waals surface area contributed by atoms with E-state index in [1.807, 2.05) is 13.8 Å². The van der Waals surface area contributed by atoms with E-state index in [0.29, 0.717) is 46.4 Å². The number of aliphatic hydroxyl groups excluding tert-OH is 1. The average Bonchev–Trinajstić information content (AvgIpc) is 3.43. The fourth-order valence-electron chi connectivity index (χ4n) is 4.24. The number of rotatable bonds is 10. The molecular weight excluding hydrogens is 504 g/mol. The molecule has 4 rings (SSSR count). The van der Waals surface area contributed by atoms with Crippen molar-refractivity contribution in [1.82, 2.24) is 4.98 Å². The Balaban J connectivity index is 1.86. The molecule has 0 radical (unpaired) electrons. The van der Waals surface area contributed by atoms with Gasteiger partial charge in [-0.3, -0.25) is 19.3 Å². The Morgan fingerprint density at radius 3 is 2.29 bits per heavy atom. The summed E-state index contributed by atoms with van der Waals surface area (Å²) in [4.78, 5) is 45.1. The van der Waals surface area contributed by atoms with Crippen LogP contribution in [0.15, 0.2) is 54.1 Å². The molecule has 1 fully saturated rings. The molecule has 1 saturated heterocycles. The van der Waals surface area contributed by atoms with Crippen molar-refractivity contribution in [3.63, 3.8) is 0 Å². The maximum Gasteiger partial charge on any atom is 0.301 e. The lowest BCUT2D eigenvalue weighted by Crippen LogP contribution is -2.29. The molecule has 1 atom stereocenters. The lowest BCUT2D eigenvalue weighted by molar-refractivity contribution is -0.132. The van der Waals surface area contributed by atoms with E-state index < -0.39 is 17.7 Å². The molecule has 9 heteroatoms. The molecule has 1 N–H and O–H groups in total. The van der Waals surface area contributed by atoms with E-state index in [2.05, 4.69) is 4.98 Å². The van der Waals surface area contributed by atoms with Crippen LogP contribution in [-0.2, 0) is 9.59 Å². The van der Waals surface area contributed by atoms with Crippen LogP contribution in [-0.4, -0.2) is 40.8 Å². The number of Topliss-reactive ketones (excluding diaryl/α,β-unsaturated/α-hetero) is 2. The highest BCUT2D eigenvalue weighted by molar-refractivity contribution is 7.18. The molecule has 1 amide bonds. The van der Waals surface area contributed by atoms with Gasteiger partial charge in [0.15, 0.2) is 10.9 Å². The van der Waals surface area contributed by atoms with Crippen LogP contribution in [0.2, 0.25) is 0 Å². The highest BCUT2D eigenvalue weighted by Gasteiger charge is 2.48. The number of carbonyl (C=O) groups excluding carboxylic acids is 3. The number of ketones is 2. The van der Waals surface area contributed by atoms with Crippen LogP contribution < -0.4 is 14.4 Å². The zero-order valence-corrected chi connectivity index (χ0v) is 22.6. The first-order valence-corrected chi connectivity index (χ1v) is 13.3. The van der Waals surface area contributed by atoms with E-state index in [1.165, 1.54) is 11.8 Å². The Bertz CT molecular complexity index is 1390. The Hall–Kier alpha value is -3.98. The Labute approximate surface area is 225 Å². The molecule has 8 nitrogen and oxygen atoms in total. The Morgan fingerprint density at radius 2 is 1.68 bits per heavy atom. The number of carbonyl (C=O) groups is 3. The maximum atomic E-state index is 13.4. The van der Waals surface area contributed by atoms with Crippen LogP contribution in [0.4, 0.5) is 5.13 Å². The third kappa shape index (κ3) is 5.33. The van der Waals surface area contributed by atoms with E-state index in [0.717, 1.165) is 24.2 Å². The Kier molecular flexibility index (Phi) is 8.26. The van der Waals surface area contributed by atoms with Gasteiger partial charge in [-0.05, 0) is 61.7 Å². The molecule has 1 aliphatic rings. The summed E-state index contributed by atoms with van der Waals surface area (Å²) in [5, 5.41) is 11.6. The number of aromatic nitrogens is 1. The van der Waals surface area contributed by atoms with E-state index in [4.69, 9.17) is 9.47 Å². The first-order chi connectivity index (χ1) is 18.3. The summed E-state index contributed by atoms with van der Waals surface area (Å²) in [5.74, 6) is -0.944. The van der Waals surface area contributed by atoms with Crippen molar-refractivity contribution >= 4 is 39.7 Å². The lowest BCUT2D eigenvalue weighted by Gasteiger charge is -2.23. The molecule has 2 heterocycles. The predicted molar refractivity (Wildman–Crippen MR) is 146 cm³/mol. The number of aryl methyl sites for hydroxylation is 1. The lowest BCUT2D eigenvalue weighted by atomic mass is 9.95. The monoisotopic (exact) mass is 534 g/mol. The second kappa shape index (κ2) is 11.6. The molecule has 0 spiro atoms. The SMILES string of the molecule is CCCOc1ccc(/C(O)=C2\C(=O)C(=O)N(c3nc(C)c(C(C)=O)s3)C2c2cccc(OCCC)c2)cc1. The van der Waals surface area contributed by atoms with Crippen molar-refractivity contribution in [3.8, 4) is 11.5 Å². The minimum atomic E-state index is -0.971. The number of hydrogen-bond acceptors (Lipinski definition) is 8. The zero-order valence-electron chi connectivity index (χ0n) is 21.8. The highest BCUT2D eigenvalue weighted by atomic mass is 32.1. The number of ether oxygens (including phenoxy) is 2. The van der Waals surface area contributed by atoms with E-state index in [-0.39, 0.29) is 22.2 Å². The standard InChI is InChI=1S/C29H30N2O6S/c1-5-14-36-21-12-10-19(11-13-21)25(33)23-24(20-8-7-9-22(16-20)37-15-6-2)31(28(35)26(23)34)29-30-17(3)27(38-29)18(4)32/h7-13,16,24,33H,5-6,14-15H2,1-4H3/b25-23+. The third-order valence-electron chi connectivity index (χ3n) is 6.00. The first kappa shape index (κ1) is 27.1. The Morgan fingerprint density at radius 1 is 1.03 bits per heavy atom. The van der Waals surface area contributed by atoms with Gasteiger partial charge in [0.2, 0.25) is 0 Å². The van der Waals surface area contributed by atoms with Crippen LogP contribution in [0.5, 0.6) is 11.5 Å². The third-order valence-corrected chi connectivity index (χ3v) is 7.26. The van der Waals surface area contributed by atoms with Gasteiger partial charge in [-0.1, -0.05) is 37.3 Å². The van der Waals surface area contributed by atoms with Crippen molar-refractivity contribution in [2.45, 2.75) is 46.6 Å². The van der Waals surface area contributed by atoms with Crippen molar-refractivity contribution in [1.29, 1.82) is 0 Å². The van der Waals surface area contributed by atoms with Gasteiger partial charge in [0, 0.05) is 12.5 Å². The van der Waals surface area contributed by atoms with Crippen molar-refractivity contribution in [3.05, 3.63) is 75.8 Å². The molecule has 2 aromatic carbocycles. The smallest absolute Gasteiger partial charge is 0.301 e. The minimum Gasteiger partial charge on any atom is -0.507 e. The molecule has 1 unspecified atom stereocenters. The first-order valence-electron chi connectivity index (χ1n) is 12.5. The van der Waals surface area contributed by atoms with Gasteiger partial charge < -0.3 is 14.6 Å². The van der Waals surface area contributed by atoms with Gasteiger partial charge in [-0.15, -0.1) is 0 Å². The number of aliphatic hydroxyl groups is 1. The fraction of sp³-hybridized carbons (Fsp3) is 0.310. The number of hydrogen-bond donors (Lipinski definition) is 1. The zero-order chi connectivity index (χ0) is 27.4. The number of anilines is 1. The van der Waals surface area contributed by atoms with Crippen LogP contribution in [0.3, 0.4) is 0 Å². The minimum absolute atomic E-state index is 0.0675. The maximum absolute atomic E-state index is 13.4. The summed E-state index contributed by atoms with van der Waals surface area (Å²) in [6.45, 7) is 8.17. The number of benzene rings is 2. The number of thiazole rings is 1. The van der Waals surface area contributed by atoms with Gasteiger partial charge in [0.1, 0.15) is 17.3 Å². The summed E-state index contributed by atoms with van der Waals surface area (Å²) in [6, 6.07) is 12.8. The van der Waals surface area contributed by atoms with E-state index >= 15 is 0 Å². The summed E-state index contributed by atoms with van der Waals surface area (Å²) < 4.78 is 11.4. The molecule has 198 valence electrons. The van der Waals surface area contributed by atoms with E-state index in [9.17, 15) is 19.5 Å². The van der Waals surface area contributed by atoms with Gasteiger partial charge in [-0.2, -0.15) is 0 Å². The molecule has 38 heavy (non-hydrogen) atoms. The second-order valence-corrected chi connectivity index (χ2v) is 9.91. The molecular formula is C29H30N2O6S. The number of nitrogens with zero attached hydrogens (tertiary/aromatic N) is 2.